The molecule has 0 bridgehead atoms. The average Bonchev–Trinajstić information content (AvgIpc) is 1.98. The van der Waals surface area contributed by atoms with Crippen molar-refractivity contribution in [1.29, 1.82) is 0 Å². The van der Waals surface area contributed by atoms with E-state index in [1.807, 2.05) is 0 Å². The molecule has 0 aliphatic heterocycles. The number of hydrogen-bond acceptors (Lipinski definition) is 3. The summed E-state index contributed by atoms with van der Waals surface area (Å²) in [6.07, 6.45) is 0. The summed E-state index contributed by atoms with van der Waals surface area (Å²) in [7, 11) is 0. The van der Waals surface area contributed by atoms with Gasteiger partial charge in [-0.3, -0.25) is 9.63 Å². The van der Waals surface area contributed by atoms with Gasteiger partial charge in [-0.2, -0.15) is 0 Å². The van der Waals surface area contributed by atoms with Crippen molar-refractivity contribution >= 4 is 11.9 Å². The number of urea groups is 1. The lowest BCUT2D eigenvalue weighted by molar-refractivity contribution is -0.134. The molecular weight excluding hydrogens is 162 g/mol. The van der Waals surface area contributed by atoms with Crippen molar-refractivity contribution in [3.63, 3.8) is 0 Å². The number of carbonyl (C=O) groups excluding carboxylic acids is 2. The van der Waals surface area contributed by atoms with Crippen molar-refractivity contribution < 1.29 is 14.4 Å². The van der Waals surface area contributed by atoms with Crippen LogP contribution in [0.15, 0.2) is 0 Å². The van der Waals surface area contributed by atoms with E-state index in [2.05, 4.69) is 15.6 Å². The van der Waals surface area contributed by atoms with Gasteiger partial charge in [0.1, 0.15) is 6.04 Å². The first kappa shape index (κ1) is 10.7. The van der Waals surface area contributed by atoms with E-state index in [0.717, 1.165) is 0 Å². The summed E-state index contributed by atoms with van der Waals surface area (Å²) in [6, 6.07) is -1.43. The van der Waals surface area contributed by atoms with Gasteiger partial charge in [0.2, 0.25) is 0 Å². The second-order valence-electron chi connectivity index (χ2n) is 2.13. The molecular formula is C6H13N3O3. The van der Waals surface area contributed by atoms with Gasteiger partial charge in [0.15, 0.2) is 0 Å². The fraction of sp³-hybridized carbons (Fsp3) is 0.667. The van der Waals surface area contributed by atoms with Gasteiger partial charge in [-0.25, -0.2) is 10.3 Å². The van der Waals surface area contributed by atoms with Gasteiger partial charge in [0.05, 0.1) is 6.61 Å². The molecule has 3 amide bonds. The van der Waals surface area contributed by atoms with Gasteiger partial charge in [0.25, 0.3) is 5.91 Å². The van der Waals surface area contributed by atoms with Crippen molar-refractivity contribution in [3.8, 4) is 0 Å². The Labute approximate surface area is 70.4 Å². The standard InChI is InChI=1S/C6H13N3O3/c1-3-12-9-5(10)4(2)8-6(7)11/h4H,3H2,1-2H3,(H,9,10)(H3,7,8,11). The number of hydrogen-bond donors (Lipinski definition) is 3. The Balaban J connectivity index is 3.69. The Morgan fingerprint density at radius 3 is 2.58 bits per heavy atom. The summed E-state index contributed by atoms with van der Waals surface area (Å²) in [4.78, 5) is 25.8. The molecule has 0 rings (SSSR count). The predicted molar refractivity (Wildman–Crippen MR) is 41.9 cm³/mol. The molecule has 4 N–H and O–H groups in total. The molecule has 0 heterocycles. The SMILES string of the molecule is CCONC(=O)C(C)NC(N)=O. The summed E-state index contributed by atoms with van der Waals surface area (Å²) >= 11 is 0. The molecule has 0 saturated heterocycles. The van der Waals surface area contributed by atoms with Gasteiger partial charge in [-0.15, -0.1) is 0 Å². The fourth-order valence-electron chi connectivity index (χ4n) is 0.511. The second-order valence-corrected chi connectivity index (χ2v) is 2.13. The van der Waals surface area contributed by atoms with Gasteiger partial charge < -0.3 is 11.1 Å². The lowest BCUT2D eigenvalue weighted by Gasteiger charge is -2.11. The smallest absolute Gasteiger partial charge is 0.312 e. The Morgan fingerprint density at radius 2 is 2.17 bits per heavy atom. The molecule has 1 unspecified atom stereocenters. The molecule has 6 nitrogen and oxygen atoms in total. The van der Waals surface area contributed by atoms with Crippen LogP contribution in [-0.2, 0) is 9.63 Å². The lowest BCUT2D eigenvalue weighted by Crippen LogP contribution is -2.46. The fourth-order valence-corrected chi connectivity index (χ4v) is 0.511. The number of nitrogens with two attached hydrogens (primary N) is 1. The number of amides is 3. The number of hydroxylamine groups is 1. The van der Waals surface area contributed by atoms with E-state index in [9.17, 15) is 9.59 Å². The third kappa shape index (κ3) is 4.51. The molecule has 0 aromatic carbocycles. The van der Waals surface area contributed by atoms with E-state index < -0.39 is 18.0 Å². The van der Waals surface area contributed by atoms with Crippen LogP contribution in [-0.4, -0.2) is 24.6 Å². The van der Waals surface area contributed by atoms with Crippen molar-refractivity contribution in [1.82, 2.24) is 10.8 Å². The number of nitrogens with one attached hydrogen (secondary N) is 2. The zero-order chi connectivity index (χ0) is 9.56. The third-order valence-electron chi connectivity index (χ3n) is 1.07. The van der Waals surface area contributed by atoms with Crippen LogP contribution in [0.5, 0.6) is 0 Å². The van der Waals surface area contributed by atoms with Gasteiger partial charge in [-0.1, -0.05) is 0 Å². The molecule has 70 valence electrons. The summed E-state index contributed by atoms with van der Waals surface area (Å²) < 4.78 is 0. The molecule has 0 saturated carbocycles. The van der Waals surface area contributed by atoms with E-state index in [4.69, 9.17) is 5.73 Å². The third-order valence-corrected chi connectivity index (χ3v) is 1.07. The van der Waals surface area contributed by atoms with E-state index >= 15 is 0 Å². The highest BCUT2D eigenvalue weighted by Gasteiger charge is 2.12. The molecule has 0 aromatic heterocycles. The van der Waals surface area contributed by atoms with E-state index in [1.54, 1.807) is 6.92 Å². The quantitative estimate of drug-likeness (QED) is 0.484. The van der Waals surface area contributed by atoms with Gasteiger partial charge in [0, 0.05) is 0 Å². The number of primary amides is 1. The topological polar surface area (TPSA) is 93.4 Å². The van der Waals surface area contributed by atoms with Crippen LogP contribution in [0.2, 0.25) is 0 Å². The van der Waals surface area contributed by atoms with Crippen molar-refractivity contribution in [3.05, 3.63) is 0 Å². The molecule has 0 radical (unpaired) electrons. The molecule has 0 aliphatic carbocycles. The van der Waals surface area contributed by atoms with E-state index in [-0.39, 0.29) is 0 Å². The van der Waals surface area contributed by atoms with Crippen molar-refractivity contribution in [2.24, 2.45) is 5.73 Å². The van der Waals surface area contributed by atoms with Crippen LogP contribution >= 0.6 is 0 Å². The highest BCUT2D eigenvalue weighted by atomic mass is 16.6. The zero-order valence-electron chi connectivity index (χ0n) is 7.09. The normalized spacial score (nSPS) is 11.8. The highest BCUT2D eigenvalue weighted by Crippen LogP contribution is 1.80. The Bertz CT molecular complexity index is 171. The molecule has 1 atom stereocenters. The molecule has 0 aromatic rings. The van der Waals surface area contributed by atoms with Crippen molar-refractivity contribution in [2.75, 3.05) is 6.61 Å². The first-order valence-corrected chi connectivity index (χ1v) is 3.55. The van der Waals surface area contributed by atoms with Crippen LogP contribution in [0, 0.1) is 0 Å². The van der Waals surface area contributed by atoms with E-state index in [1.165, 1.54) is 6.92 Å². The van der Waals surface area contributed by atoms with E-state index in [0.29, 0.717) is 6.61 Å². The Kier molecular flexibility index (Phi) is 4.78. The highest BCUT2D eigenvalue weighted by molar-refractivity contribution is 5.85. The van der Waals surface area contributed by atoms with Crippen LogP contribution in [0.4, 0.5) is 4.79 Å². The maximum Gasteiger partial charge on any atom is 0.312 e. The predicted octanol–water partition coefficient (Wildman–Crippen LogP) is -0.889. The first-order chi connectivity index (χ1) is 5.57. The van der Waals surface area contributed by atoms with Crippen LogP contribution in [0.1, 0.15) is 13.8 Å². The zero-order valence-corrected chi connectivity index (χ0v) is 7.09. The monoisotopic (exact) mass is 175 g/mol. The van der Waals surface area contributed by atoms with Crippen LogP contribution in [0.3, 0.4) is 0 Å². The number of rotatable bonds is 4. The molecule has 6 heteroatoms. The molecule has 0 aliphatic rings. The maximum atomic E-state index is 10.9. The minimum Gasteiger partial charge on any atom is -0.352 e. The first-order valence-electron chi connectivity index (χ1n) is 3.55. The number of carbonyl (C=O) groups is 2. The summed E-state index contributed by atoms with van der Waals surface area (Å²) in [5.41, 5.74) is 6.92. The average molecular weight is 175 g/mol. The summed E-state index contributed by atoms with van der Waals surface area (Å²) in [5, 5.41) is 2.20. The summed E-state index contributed by atoms with van der Waals surface area (Å²) in [5.74, 6) is -0.435. The minimum absolute atomic E-state index is 0.370. The maximum absolute atomic E-state index is 10.9. The molecule has 0 fully saturated rings. The molecule has 12 heavy (non-hydrogen) atoms. The lowest BCUT2D eigenvalue weighted by atomic mass is 10.3. The summed E-state index contributed by atoms with van der Waals surface area (Å²) in [6.45, 7) is 3.60. The second kappa shape index (κ2) is 5.36. The van der Waals surface area contributed by atoms with Crippen LogP contribution < -0.4 is 16.5 Å². The van der Waals surface area contributed by atoms with Crippen molar-refractivity contribution in [2.45, 2.75) is 19.9 Å². The Morgan fingerprint density at radius 1 is 1.58 bits per heavy atom. The van der Waals surface area contributed by atoms with Gasteiger partial charge >= 0.3 is 6.03 Å². The largest absolute Gasteiger partial charge is 0.352 e. The molecule has 0 spiro atoms. The van der Waals surface area contributed by atoms with Crippen LogP contribution in [0.25, 0.3) is 0 Å². The minimum atomic E-state index is -0.742. The Hall–Kier alpha value is -1.30. The van der Waals surface area contributed by atoms with Gasteiger partial charge in [-0.05, 0) is 13.8 Å².